The molecule has 0 N–H and O–H groups in total. The van der Waals surface area contributed by atoms with Gasteiger partial charge in [0.1, 0.15) is 11.7 Å². The first-order chi connectivity index (χ1) is 12.2. The topological polar surface area (TPSA) is 18.8 Å². The Hall–Kier alpha value is -1.88. The molecular formula is C21H24Cl2FN3. The van der Waals surface area contributed by atoms with Crippen molar-refractivity contribution in [1.82, 2.24) is 9.80 Å². The minimum atomic E-state index is -0.202. The molecule has 0 aliphatic carbocycles. The molecule has 0 aromatic heterocycles. The van der Waals surface area contributed by atoms with E-state index in [-0.39, 0.29) is 30.6 Å². The van der Waals surface area contributed by atoms with Crippen molar-refractivity contribution in [2.24, 2.45) is 4.99 Å². The maximum absolute atomic E-state index is 13.7. The maximum Gasteiger partial charge on any atom is 0.136 e. The minimum absolute atomic E-state index is 0. The predicted octanol–water partition coefficient (Wildman–Crippen LogP) is 4.59. The Labute approximate surface area is 172 Å². The summed E-state index contributed by atoms with van der Waals surface area (Å²) in [5, 5.41) is 0. The number of allylic oxidation sites excluding steroid dienone is 1. The van der Waals surface area contributed by atoms with Crippen LogP contribution in [-0.2, 0) is 6.42 Å². The minimum Gasteiger partial charge on any atom is -0.354 e. The van der Waals surface area contributed by atoms with Crippen LogP contribution in [0.3, 0.4) is 0 Å². The summed E-state index contributed by atoms with van der Waals surface area (Å²) in [5.74, 6) is 0.802. The van der Waals surface area contributed by atoms with Gasteiger partial charge in [-0.2, -0.15) is 0 Å². The summed E-state index contributed by atoms with van der Waals surface area (Å²) in [7, 11) is 2.15. The van der Waals surface area contributed by atoms with Crippen LogP contribution in [0.2, 0.25) is 0 Å². The number of benzene rings is 2. The van der Waals surface area contributed by atoms with Crippen LogP contribution in [-0.4, -0.2) is 48.9 Å². The van der Waals surface area contributed by atoms with E-state index in [1.807, 2.05) is 6.07 Å². The number of likely N-dealkylation sites (N-methyl/N-ethyl adjacent to an activating group) is 1. The summed E-state index contributed by atoms with van der Waals surface area (Å²) < 4.78 is 13.7. The molecule has 2 aromatic rings. The highest BCUT2D eigenvalue weighted by molar-refractivity contribution is 6.23. The lowest BCUT2D eigenvalue weighted by Crippen LogP contribution is -2.47. The Morgan fingerprint density at radius 1 is 0.926 bits per heavy atom. The molecule has 1 fully saturated rings. The first-order valence-electron chi connectivity index (χ1n) is 8.77. The molecule has 2 aliphatic rings. The fourth-order valence-corrected chi connectivity index (χ4v) is 3.43. The third-order valence-corrected chi connectivity index (χ3v) is 4.92. The number of aliphatic imine (C=N–C) groups is 1. The molecular weight excluding hydrogens is 384 g/mol. The van der Waals surface area contributed by atoms with Crippen LogP contribution in [0.4, 0.5) is 10.1 Å². The Morgan fingerprint density at radius 3 is 2.33 bits per heavy atom. The molecule has 4 rings (SSSR count). The van der Waals surface area contributed by atoms with Crippen molar-refractivity contribution in [3.8, 4) is 0 Å². The van der Waals surface area contributed by atoms with Crippen LogP contribution in [0.1, 0.15) is 11.1 Å². The number of rotatable bonds is 1. The monoisotopic (exact) mass is 407 g/mol. The highest BCUT2D eigenvalue weighted by Crippen LogP contribution is 2.30. The predicted molar refractivity (Wildman–Crippen MR) is 115 cm³/mol. The fraction of sp³-hybridized carbons (Fsp3) is 0.286. The molecule has 0 atom stereocenters. The standard InChI is InChI=1S/C21H22FN3.2ClH/c1-24-11-13-25(14-12-24)21-19(16-5-3-2-4-6-16)9-7-17-15-18(22)8-10-20(17)23-21;;/h2-6,8-10,15H,7,11-14H2,1H3;2*1H. The van der Waals surface area contributed by atoms with E-state index in [0.717, 1.165) is 54.4 Å². The van der Waals surface area contributed by atoms with Gasteiger partial charge in [-0.1, -0.05) is 36.4 Å². The van der Waals surface area contributed by atoms with Crippen molar-refractivity contribution in [3.63, 3.8) is 0 Å². The molecule has 0 unspecified atom stereocenters. The van der Waals surface area contributed by atoms with Crippen LogP contribution in [0.25, 0.3) is 5.57 Å². The average Bonchev–Trinajstić information content (AvgIpc) is 2.82. The maximum atomic E-state index is 13.7. The highest BCUT2D eigenvalue weighted by Gasteiger charge is 2.23. The van der Waals surface area contributed by atoms with Crippen molar-refractivity contribution in [3.05, 3.63) is 71.6 Å². The number of piperazine rings is 1. The third kappa shape index (κ3) is 4.70. The fourth-order valence-electron chi connectivity index (χ4n) is 3.43. The SMILES string of the molecule is CN1CCN(C2=Nc3ccc(F)cc3CC=C2c2ccccc2)CC1.Cl.Cl. The van der Waals surface area contributed by atoms with Crippen LogP contribution < -0.4 is 0 Å². The van der Waals surface area contributed by atoms with E-state index in [1.54, 1.807) is 12.1 Å². The second-order valence-corrected chi connectivity index (χ2v) is 6.69. The summed E-state index contributed by atoms with van der Waals surface area (Å²) >= 11 is 0. The van der Waals surface area contributed by atoms with Gasteiger partial charge in [-0.15, -0.1) is 24.8 Å². The molecule has 3 nitrogen and oxygen atoms in total. The van der Waals surface area contributed by atoms with Gasteiger partial charge >= 0.3 is 0 Å². The molecule has 0 saturated carbocycles. The van der Waals surface area contributed by atoms with E-state index < -0.39 is 0 Å². The number of hydrogen-bond acceptors (Lipinski definition) is 3. The van der Waals surface area contributed by atoms with Crippen molar-refractivity contribution < 1.29 is 4.39 Å². The van der Waals surface area contributed by atoms with Crippen molar-refractivity contribution in [2.45, 2.75) is 6.42 Å². The van der Waals surface area contributed by atoms with E-state index in [0.29, 0.717) is 6.42 Å². The van der Waals surface area contributed by atoms with E-state index in [9.17, 15) is 4.39 Å². The molecule has 6 heteroatoms. The zero-order valence-corrected chi connectivity index (χ0v) is 16.9. The van der Waals surface area contributed by atoms with E-state index >= 15 is 0 Å². The molecule has 2 heterocycles. The molecule has 0 bridgehead atoms. The summed E-state index contributed by atoms with van der Waals surface area (Å²) in [5.41, 5.74) is 4.12. The molecule has 0 spiro atoms. The lowest BCUT2D eigenvalue weighted by Gasteiger charge is -2.35. The molecule has 2 aliphatic heterocycles. The third-order valence-electron chi connectivity index (χ3n) is 4.92. The Bertz CT molecular complexity index is 829. The summed E-state index contributed by atoms with van der Waals surface area (Å²) in [6, 6.07) is 15.3. The molecule has 2 aromatic carbocycles. The van der Waals surface area contributed by atoms with Gasteiger partial charge in [-0.25, -0.2) is 9.38 Å². The van der Waals surface area contributed by atoms with Crippen LogP contribution in [0, 0.1) is 5.82 Å². The van der Waals surface area contributed by atoms with Gasteiger partial charge in [0.15, 0.2) is 0 Å². The van der Waals surface area contributed by atoms with Gasteiger partial charge in [-0.05, 0) is 42.8 Å². The number of amidine groups is 1. The zero-order valence-electron chi connectivity index (χ0n) is 15.3. The number of fused-ring (bicyclic) bond motifs is 1. The summed E-state index contributed by atoms with van der Waals surface area (Å²) in [4.78, 5) is 9.67. The smallest absolute Gasteiger partial charge is 0.136 e. The molecule has 0 radical (unpaired) electrons. The van der Waals surface area contributed by atoms with Gasteiger partial charge in [0, 0.05) is 31.8 Å². The zero-order chi connectivity index (χ0) is 17.2. The first kappa shape index (κ1) is 21.4. The first-order valence-corrected chi connectivity index (χ1v) is 8.77. The van der Waals surface area contributed by atoms with Crippen molar-refractivity contribution >= 4 is 41.9 Å². The lowest BCUT2D eigenvalue weighted by molar-refractivity contribution is 0.216. The van der Waals surface area contributed by atoms with Crippen LogP contribution in [0.5, 0.6) is 0 Å². The average molecular weight is 408 g/mol. The van der Waals surface area contributed by atoms with Crippen molar-refractivity contribution in [2.75, 3.05) is 33.2 Å². The largest absolute Gasteiger partial charge is 0.354 e. The second kappa shape index (κ2) is 9.36. The highest BCUT2D eigenvalue weighted by atomic mass is 35.5. The van der Waals surface area contributed by atoms with Gasteiger partial charge in [0.05, 0.1) is 5.69 Å². The van der Waals surface area contributed by atoms with Gasteiger partial charge < -0.3 is 9.80 Å². The van der Waals surface area contributed by atoms with Crippen LogP contribution >= 0.6 is 24.8 Å². The summed E-state index contributed by atoms with van der Waals surface area (Å²) in [6.07, 6.45) is 2.88. The van der Waals surface area contributed by atoms with Crippen LogP contribution in [0.15, 0.2) is 59.6 Å². The normalized spacial score (nSPS) is 16.9. The van der Waals surface area contributed by atoms with E-state index in [2.05, 4.69) is 47.2 Å². The van der Waals surface area contributed by atoms with Gasteiger partial charge in [0.25, 0.3) is 0 Å². The Morgan fingerprint density at radius 2 is 1.63 bits per heavy atom. The number of hydrogen-bond donors (Lipinski definition) is 0. The van der Waals surface area contributed by atoms with Gasteiger partial charge in [0.2, 0.25) is 0 Å². The van der Waals surface area contributed by atoms with E-state index in [4.69, 9.17) is 4.99 Å². The van der Waals surface area contributed by atoms with E-state index in [1.165, 1.54) is 6.07 Å². The quantitative estimate of drug-likeness (QED) is 0.688. The van der Waals surface area contributed by atoms with Crippen molar-refractivity contribution in [1.29, 1.82) is 0 Å². The summed E-state index contributed by atoms with van der Waals surface area (Å²) in [6.45, 7) is 3.96. The molecule has 27 heavy (non-hydrogen) atoms. The number of halogens is 3. The molecule has 144 valence electrons. The lowest BCUT2D eigenvalue weighted by atomic mass is 10.0. The van der Waals surface area contributed by atoms with Gasteiger partial charge in [-0.3, -0.25) is 0 Å². The number of nitrogens with zero attached hydrogens (tertiary/aromatic N) is 3. The Kier molecular flexibility index (Phi) is 7.42. The second-order valence-electron chi connectivity index (χ2n) is 6.69. The Balaban J connectivity index is 0.00000131. The molecule has 1 saturated heterocycles. The molecule has 0 amide bonds.